The van der Waals surface area contributed by atoms with E-state index in [1.807, 2.05) is 31.2 Å². The third-order valence-corrected chi connectivity index (χ3v) is 2.94. The molecule has 0 radical (unpaired) electrons. The molecule has 1 atom stereocenters. The number of hydrogen-bond donors (Lipinski definition) is 2. The summed E-state index contributed by atoms with van der Waals surface area (Å²) in [4.78, 5) is 24.8. The van der Waals surface area contributed by atoms with E-state index in [1.54, 1.807) is 11.8 Å². The first-order valence-electron chi connectivity index (χ1n) is 6.32. The number of aryl methyl sites for hydroxylation is 1. The molecule has 6 heteroatoms. The van der Waals surface area contributed by atoms with E-state index in [-0.39, 0.29) is 43.7 Å². The van der Waals surface area contributed by atoms with Crippen molar-refractivity contribution >= 4 is 29.9 Å². The summed E-state index contributed by atoms with van der Waals surface area (Å²) in [5.41, 5.74) is 12.5. The Balaban J connectivity index is 0.00000361. The van der Waals surface area contributed by atoms with Gasteiger partial charge in [-0.2, -0.15) is 0 Å². The lowest BCUT2D eigenvalue weighted by Crippen LogP contribution is -2.39. The van der Waals surface area contributed by atoms with Crippen LogP contribution in [-0.2, 0) is 9.59 Å². The molecule has 1 aromatic carbocycles. The maximum Gasteiger partial charge on any atom is 0.231 e. The lowest BCUT2D eigenvalue weighted by atomic mass is 10.1. The molecule has 0 heterocycles. The molecule has 0 saturated carbocycles. The summed E-state index contributed by atoms with van der Waals surface area (Å²) in [6.07, 6.45) is 0.136. The van der Waals surface area contributed by atoms with Gasteiger partial charge in [-0.05, 0) is 24.6 Å². The molecule has 1 rings (SSSR count). The normalized spacial score (nSPS) is 11.3. The maximum atomic E-state index is 12.3. The van der Waals surface area contributed by atoms with Crippen LogP contribution in [0.3, 0.4) is 0 Å². The molecular weight excluding hydrogens is 278 g/mol. The number of rotatable bonds is 6. The molecule has 20 heavy (non-hydrogen) atoms. The van der Waals surface area contributed by atoms with E-state index in [9.17, 15) is 9.59 Å². The third kappa shape index (κ3) is 5.19. The van der Waals surface area contributed by atoms with Crippen molar-refractivity contribution in [2.24, 2.45) is 17.4 Å². The van der Waals surface area contributed by atoms with Crippen LogP contribution in [-0.4, -0.2) is 24.9 Å². The molecule has 0 bridgehead atoms. The highest BCUT2D eigenvalue weighted by Crippen LogP contribution is 2.18. The molecule has 0 aromatic heterocycles. The first kappa shape index (κ1) is 18.4. The number of nitrogens with zero attached hydrogens (tertiary/aromatic N) is 1. The summed E-state index contributed by atoms with van der Waals surface area (Å²) in [6, 6.07) is 7.58. The topological polar surface area (TPSA) is 89.4 Å². The van der Waals surface area contributed by atoms with Gasteiger partial charge >= 0.3 is 0 Å². The highest BCUT2D eigenvalue weighted by atomic mass is 35.5. The smallest absolute Gasteiger partial charge is 0.231 e. The molecule has 0 aliphatic carbocycles. The van der Waals surface area contributed by atoms with Gasteiger partial charge in [0, 0.05) is 31.1 Å². The predicted octanol–water partition coefficient (Wildman–Crippen LogP) is 1.22. The number of primary amides is 1. The molecule has 5 nitrogen and oxygen atoms in total. The highest BCUT2D eigenvalue weighted by molar-refractivity contribution is 5.95. The largest absolute Gasteiger partial charge is 0.370 e. The molecule has 0 spiro atoms. The highest BCUT2D eigenvalue weighted by Gasteiger charge is 2.21. The second-order valence-corrected chi connectivity index (χ2v) is 4.68. The molecule has 112 valence electrons. The molecule has 1 aromatic rings. The lowest BCUT2D eigenvalue weighted by Gasteiger charge is -2.25. The van der Waals surface area contributed by atoms with Gasteiger partial charge in [0.2, 0.25) is 11.8 Å². The third-order valence-electron chi connectivity index (χ3n) is 2.94. The monoisotopic (exact) mass is 299 g/mol. The number of hydrogen-bond acceptors (Lipinski definition) is 3. The van der Waals surface area contributed by atoms with Gasteiger partial charge in [0.1, 0.15) is 0 Å². The van der Waals surface area contributed by atoms with Crippen molar-refractivity contribution in [2.75, 3.05) is 18.0 Å². The minimum atomic E-state index is -0.425. The zero-order valence-electron chi connectivity index (χ0n) is 11.8. The summed E-state index contributed by atoms with van der Waals surface area (Å²) in [7, 11) is 0. The number of carbonyl (C=O) groups is 2. The van der Waals surface area contributed by atoms with Crippen molar-refractivity contribution in [3.63, 3.8) is 0 Å². The molecule has 0 fully saturated rings. The Labute approximate surface area is 125 Å². The van der Waals surface area contributed by atoms with E-state index in [1.165, 1.54) is 0 Å². The van der Waals surface area contributed by atoms with Crippen LogP contribution in [0.5, 0.6) is 0 Å². The quantitative estimate of drug-likeness (QED) is 0.827. The number of benzene rings is 1. The first-order chi connectivity index (χ1) is 8.95. The minimum absolute atomic E-state index is 0. The fraction of sp³-hybridized carbons (Fsp3) is 0.429. The van der Waals surface area contributed by atoms with E-state index in [0.717, 1.165) is 11.3 Å². The Hall–Kier alpha value is -1.59. The SMILES string of the molecule is Cc1cccc(N(CCC(N)=O)C(=O)C(C)CN)c1.Cl. The summed E-state index contributed by atoms with van der Waals surface area (Å²) in [5, 5.41) is 0. The van der Waals surface area contributed by atoms with Gasteiger partial charge in [0.15, 0.2) is 0 Å². The second-order valence-electron chi connectivity index (χ2n) is 4.68. The Bertz CT molecular complexity index is 465. The van der Waals surface area contributed by atoms with Gasteiger partial charge < -0.3 is 16.4 Å². The molecule has 4 N–H and O–H groups in total. The lowest BCUT2D eigenvalue weighted by molar-refractivity contribution is -0.121. The molecule has 2 amide bonds. The van der Waals surface area contributed by atoms with E-state index >= 15 is 0 Å². The fourth-order valence-electron chi connectivity index (χ4n) is 1.75. The average Bonchev–Trinajstić information content (AvgIpc) is 2.37. The van der Waals surface area contributed by atoms with Crippen LogP contribution >= 0.6 is 12.4 Å². The van der Waals surface area contributed by atoms with E-state index < -0.39 is 5.91 Å². The summed E-state index contributed by atoms with van der Waals surface area (Å²) in [6.45, 7) is 4.28. The van der Waals surface area contributed by atoms with Crippen LogP contribution in [0, 0.1) is 12.8 Å². The second kappa shape index (κ2) is 8.55. The number of nitrogens with two attached hydrogens (primary N) is 2. The number of halogens is 1. The molecular formula is C14H22ClN3O2. The van der Waals surface area contributed by atoms with Gasteiger partial charge in [0.25, 0.3) is 0 Å². The van der Waals surface area contributed by atoms with Crippen molar-refractivity contribution in [3.8, 4) is 0 Å². The Morgan fingerprint density at radius 2 is 2.00 bits per heavy atom. The van der Waals surface area contributed by atoms with Crippen molar-refractivity contribution in [1.82, 2.24) is 0 Å². The summed E-state index contributed by atoms with van der Waals surface area (Å²) in [5.74, 6) is -0.798. The van der Waals surface area contributed by atoms with Gasteiger partial charge in [-0.3, -0.25) is 9.59 Å². The first-order valence-corrected chi connectivity index (χ1v) is 6.32. The number of amides is 2. The van der Waals surface area contributed by atoms with Crippen molar-refractivity contribution in [1.29, 1.82) is 0 Å². The number of carbonyl (C=O) groups excluding carboxylic acids is 2. The zero-order valence-corrected chi connectivity index (χ0v) is 12.7. The van der Waals surface area contributed by atoms with Gasteiger partial charge in [-0.25, -0.2) is 0 Å². The van der Waals surface area contributed by atoms with Crippen LogP contribution in [0.25, 0.3) is 0 Å². The minimum Gasteiger partial charge on any atom is -0.370 e. The van der Waals surface area contributed by atoms with Gasteiger partial charge in [-0.1, -0.05) is 19.1 Å². The van der Waals surface area contributed by atoms with Crippen LogP contribution < -0.4 is 16.4 Å². The van der Waals surface area contributed by atoms with E-state index in [4.69, 9.17) is 11.5 Å². The van der Waals surface area contributed by atoms with Gasteiger partial charge in [0.05, 0.1) is 0 Å². The van der Waals surface area contributed by atoms with Crippen LogP contribution in [0.15, 0.2) is 24.3 Å². The standard InChI is InChI=1S/C14H21N3O2.ClH/c1-10-4-3-5-12(8-10)17(7-6-13(16)18)14(19)11(2)9-15;/h3-5,8,11H,6-7,9,15H2,1-2H3,(H2,16,18);1H. The molecule has 0 aliphatic heterocycles. The van der Waals surface area contributed by atoms with Crippen LogP contribution in [0.2, 0.25) is 0 Å². The Kier molecular flexibility index (Phi) is 7.87. The zero-order chi connectivity index (χ0) is 14.4. The van der Waals surface area contributed by atoms with Gasteiger partial charge in [-0.15, -0.1) is 12.4 Å². The van der Waals surface area contributed by atoms with E-state index in [0.29, 0.717) is 0 Å². The Morgan fingerprint density at radius 1 is 1.35 bits per heavy atom. The Morgan fingerprint density at radius 3 is 2.50 bits per heavy atom. The average molecular weight is 300 g/mol. The van der Waals surface area contributed by atoms with Crippen molar-refractivity contribution in [2.45, 2.75) is 20.3 Å². The summed E-state index contributed by atoms with van der Waals surface area (Å²) >= 11 is 0. The van der Waals surface area contributed by atoms with E-state index in [2.05, 4.69) is 0 Å². The van der Waals surface area contributed by atoms with Crippen LogP contribution in [0.1, 0.15) is 18.9 Å². The predicted molar refractivity (Wildman–Crippen MR) is 82.8 cm³/mol. The summed E-state index contributed by atoms with van der Waals surface area (Å²) < 4.78 is 0. The maximum absolute atomic E-state index is 12.3. The van der Waals surface area contributed by atoms with Crippen molar-refractivity contribution in [3.05, 3.63) is 29.8 Å². The number of anilines is 1. The fourth-order valence-corrected chi connectivity index (χ4v) is 1.75. The molecule has 1 unspecified atom stereocenters. The van der Waals surface area contributed by atoms with Crippen molar-refractivity contribution < 1.29 is 9.59 Å². The molecule has 0 aliphatic rings. The molecule has 0 saturated heterocycles. The van der Waals surface area contributed by atoms with Crippen LogP contribution in [0.4, 0.5) is 5.69 Å².